The van der Waals surface area contributed by atoms with Gasteiger partial charge in [0.1, 0.15) is 10.6 Å². The number of hydrogen-bond donors (Lipinski definition) is 1. The lowest BCUT2D eigenvalue weighted by Gasteiger charge is -2.32. The van der Waals surface area contributed by atoms with E-state index in [9.17, 15) is 13.2 Å². The van der Waals surface area contributed by atoms with Crippen molar-refractivity contribution in [3.63, 3.8) is 0 Å². The molecule has 0 spiro atoms. The second-order valence-corrected chi connectivity index (χ2v) is 9.39. The molecule has 1 aromatic rings. The molecule has 0 aliphatic carbocycles. The Hall–Kier alpha value is -1.09. The number of likely N-dealkylation sites (tertiary alicyclic amines) is 1. The molecule has 1 unspecified atom stereocenters. The van der Waals surface area contributed by atoms with Gasteiger partial charge in [-0.05, 0) is 51.3 Å². The van der Waals surface area contributed by atoms with Crippen molar-refractivity contribution in [2.75, 3.05) is 39.8 Å². The Labute approximate surface area is 168 Å². The van der Waals surface area contributed by atoms with Gasteiger partial charge in [-0.2, -0.15) is 4.31 Å². The topological polar surface area (TPSA) is 74.7 Å². The minimum absolute atomic E-state index is 0. The smallest absolute Gasteiger partial charge is 0.270 e. The molecule has 1 N–H and O–H groups in total. The van der Waals surface area contributed by atoms with Gasteiger partial charge in [0.15, 0.2) is 0 Å². The van der Waals surface area contributed by atoms with E-state index < -0.39 is 10.0 Å². The first kappa shape index (κ1) is 22.2. The van der Waals surface area contributed by atoms with Crippen molar-refractivity contribution < 1.29 is 13.2 Å². The summed E-state index contributed by atoms with van der Waals surface area (Å²) in [5.41, 5.74) is 0.450. The van der Waals surface area contributed by atoms with Gasteiger partial charge in [-0.3, -0.25) is 4.79 Å². The zero-order valence-corrected chi connectivity index (χ0v) is 17.8. The summed E-state index contributed by atoms with van der Waals surface area (Å²) in [6.07, 6.45) is 6.56. The van der Waals surface area contributed by atoms with Gasteiger partial charge in [0.25, 0.3) is 5.91 Å². The molecule has 2 aliphatic heterocycles. The second kappa shape index (κ2) is 9.41. The Kier molecular flexibility index (Phi) is 7.73. The zero-order chi connectivity index (χ0) is 18.7. The van der Waals surface area contributed by atoms with Crippen LogP contribution in [0.3, 0.4) is 0 Å². The molecular weight excluding hydrogens is 388 g/mol. The van der Waals surface area contributed by atoms with Crippen LogP contribution in [0.2, 0.25) is 0 Å². The van der Waals surface area contributed by atoms with Gasteiger partial charge < -0.3 is 14.8 Å². The van der Waals surface area contributed by atoms with E-state index in [1.54, 1.807) is 28.2 Å². The van der Waals surface area contributed by atoms with Gasteiger partial charge >= 0.3 is 0 Å². The average Bonchev–Trinajstić information content (AvgIpc) is 3.05. The van der Waals surface area contributed by atoms with E-state index in [2.05, 4.69) is 5.32 Å². The zero-order valence-electron chi connectivity index (χ0n) is 16.2. The molecule has 1 amide bonds. The van der Waals surface area contributed by atoms with Crippen molar-refractivity contribution in [2.24, 2.45) is 13.0 Å². The van der Waals surface area contributed by atoms with Crippen LogP contribution >= 0.6 is 12.4 Å². The van der Waals surface area contributed by atoms with Crippen molar-refractivity contribution in [1.29, 1.82) is 0 Å². The first-order chi connectivity index (χ1) is 12.4. The molecule has 154 valence electrons. The van der Waals surface area contributed by atoms with Crippen molar-refractivity contribution >= 4 is 28.3 Å². The van der Waals surface area contributed by atoms with E-state index in [-0.39, 0.29) is 23.2 Å². The predicted octanol–water partition coefficient (Wildman–Crippen LogP) is 1.69. The van der Waals surface area contributed by atoms with Crippen LogP contribution in [-0.4, -0.2) is 67.9 Å². The maximum absolute atomic E-state index is 13.0. The Morgan fingerprint density at radius 3 is 2.56 bits per heavy atom. The van der Waals surface area contributed by atoms with E-state index in [1.807, 2.05) is 11.9 Å². The molecule has 0 saturated carbocycles. The van der Waals surface area contributed by atoms with E-state index in [1.165, 1.54) is 0 Å². The highest BCUT2D eigenvalue weighted by Gasteiger charge is 2.30. The fraction of sp³-hybridized carbons (Fsp3) is 0.722. The quantitative estimate of drug-likeness (QED) is 0.789. The molecule has 0 bridgehead atoms. The van der Waals surface area contributed by atoms with E-state index in [0.29, 0.717) is 24.7 Å². The van der Waals surface area contributed by atoms with Gasteiger partial charge in [0, 0.05) is 39.4 Å². The SMILES string of the molecule is CNCC1CCCN(C(=O)c2cc(S(=O)(=O)N3CCCCC3)cn2C)C1.Cl. The Morgan fingerprint density at radius 1 is 1.19 bits per heavy atom. The van der Waals surface area contributed by atoms with Gasteiger partial charge in [-0.1, -0.05) is 6.42 Å². The molecule has 3 rings (SSSR count). The van der Waals surface area contributed by atoms with Gasteiger partial charge in [-0.15, -0.1) is 12.4 Å². The average molecular weight is 419 g/mol. The number of piperidine rings is 2. The highest BCUT2D eigenvalue weighted by Crippen LogP contribution is 2.24. The molecule has 1 atom stereocenters. The highest BCUT2D eigenvalue weighted by atomic mass is 35.5. The minimum Gasteiger partial charge on any atom is -0.345 e. The molecule has 2 saturated heterocycles. The van der Waals surface area contributed by atoms with Crippen LogP contribution in [0, 0.1) is 5.92 Å². The lowest BCUT2D eigenvalue weighted by atomic mass is 9.98. The minimum atomic E-state index is -3.52. The van der Waals surface area contributed by atoms with Gasteiger partial charge in [0.05, 0.1) is 0 Å². The van der Waals surface area contributed by atoms with E-state index in [4.69, 9.17) is 0 Å². The van der Waals surface area contributed by atoms with Crippen LogP contribution in [0.4, 0.5) is 0 Å². The fourth-order valence-electron chi connectivity index (χ4n) is 4.01. The predicted molar refractivity (Wildman–Crippen MR) is 108 cm³/mol. The van der Waals surface area contributed by atoms with Gasteiger partial charge in [0.2, 0.25) is 10.0 Å². The monoisotopic (exact) mass is 418 g/mol. The number of carbonyl (C=O) groups excluding carboxylic acids is 1. The number of aryl methyl sites for hydroxylation is 1. The summed E-state index contributed by atoms with van der Waals surface area (Å²) >= 11 is 0. The number of sulfonamides is 1. The highest BCUT2D eigenvalue weighted by molar-refractivity contribution is 7.89. The van der Waals surface area contributed by atoms with E-state index >= 15 is 0 Å². The van der Waals surface area contributed by atoms with Gasteiger partial charge in [-0.25, -0.2) is 8.42 Å². The third kappa shape index (κ3) is 4.85. The number of nitrogens with one attached hydrogen (secondary N) is 1. The molecule has 7 nitrogen and oxygen atoms in total. The second-order valence-electron chi connectivity index (χ2n) is 7.45. The van der Waals surface area contributed by atoms with Crippen LogP contribution in [0.15, 0.2) is 17.2 Å². The van der Waals surface area contributed by atoms with Crippen LogP contribution in [-0.2, 0) is 17.1 Å². The van der Waals surface area contributed by atoms with Crippen LogP contribution < -0.4 is 5.32 Å². The molecule has 0 aromatic carbocycles. The standard InChI is InChI=1S/C18H30N4O3S.ClH/c1-19-12-15-7-6-8-21(13-15)18(23)17-11-16(14-20(17)2)26(24,25)22-9-4-3-5-10-22;/h11,14-15,19H,3-10,12-13H2,1-2H3;1H. The van der Waals surface area contributed by atoms with Crippen LogP contribution in [0.1, 0.15) is 42.6 Å². The summed E-state index contributed by atoms with van der Waals surface area (Å²) in [6, 6.07) is 1.55. The molecule has 27 heavy (non-hydrogen) atoms. The molecule has 3 heterocycles. The normalized spacial score (nSPS) is 21.7. The number of hydrogen-bond acceptors (Lipinski definition) is 4. The number of amides is 1. The van der Waals surface area contributed by atoms with Crippen LogP contribution in [0.25, 0.3) is 0 Å². The molecule has 1 aromatic heterocycles. The number of carbonyl (C=O) groups is 1. The third-order valence-corrected chi connectivity index (χ3v) is 7.31. The summed E-state index contributed by atoms with van der Waals surface area (Å²) in [5.74, 6) is 0.378. The van der Waals surface area contributed by atoms with E-state index in [0.717, 1.165) is 51.7 Å². The summed E-state index contributed by atoms with van der Waals surface area (Å²) < 4.78 is 28.9. The Balaban J connectivity index is 0.00000261. The van der Waals surface area contributed by atoms with Crippen LogP contribution in [0.5, 0.6) is 0 Å². The number of aromatic nitrogens is 1. The van der Waals surface area contributed by atoms with Crippen molar-refractivity contribution in [3.8, 4) is 0 Å². The summed E-state index contributed by atoms with van der Waals surface area (Å²) in [4.78, 5) is 15.1. The van der Waals surface area contributed by atoms with Crippen molar-refractivity contribution in [1.82, 2.24) is 19.1 Å². The first-order valence-corrected chi connectivity index (χ1v) is 11.0. The number of nitrogens with zero attached hydrogens (tertiary/aromatic N) is 3. The maximum atomic E-state index is 13.0. The maximum Gasteiger partial charge on any atom is 0.270 e. The Bertz CT molecular complexity index is 742. The summed E-state index contributed by atoms with van der Waals surface area (Å²) in [7, 11) is 0.158. The molecule has 2 fully saturated rings. The lowest BCUT2D eigenvalue weighted by Crippen LogP contribution is -2.43. The molecule has 9 heteroatoms. The molecule has 2 aliphatic rings. The fourth-order valence-corrected chi connectivity index (χ4v) is 5.60. The number of halogens is 1. The molecular formula is C18H31ClN4O3S. The summed E-state index contributed by atoms with van der Waals surface area (Å²) in [5, 5.41) is 3.18. The number of rotatable bonds is 5. The lowest BCUT2D eigenvalue weighted by molar-refractivity contribution is 0.0664. The van der Waals surface area contributed by atoms with Crippen molar-refractivity contribution in [3.05, 3.63) is 18.0 Å². The van der Waals surface area contributed by atoms with Crippen molar-refractivity contribution in [2.45, 2.75) is 37.0 Å². The first-order valence-electron chi connectivity index (χ1n) is 9.54. The largest absolute Gasteiger partial charge is 0.345 e. The summed E-state index contributed by atoms with van der Waals surface area (Å²) in [6.45, 7) is 3.49. The molecule has 0 radical (unpaired) electrons. The Morgan fingerprint density at radius 2 is 1.89 bits per heavy atom. The third-order valence-electron chi connectivity index (χ3n) is 5.45.